The van der Waals surface area contributed by atoms with Crippen LogP contribution in [-0.4, -0.2) is 19.6 Å². The Morgan fingerprint density at radius 2 is 2.00 bits per heavy atom. The zero-order valence-electron chi connectivity index (χ0n) is 11.2. The van der Waals surface area contributed by atoms with Gasteiger partial charge in [0.15, 0.2) is 0 Å². The van der Waals surface area contributed by atoms with Crippen molar-refractivity contribution >= 4 is 23.4 Å². The van der Waals surface area contributed by atoms with Crippen molar-refractivity contribution in [2.45, 2.75) is 0 Å². The fraction of sp³-hybridized carbons (Fsp3) is 0.118. The van der Waals surface area contributed by atoms with Crippen molar-refractivity contribution in [3.05, 3.63) is 65.7 Å². The number of para-hydroxylation sites is 1. The molecule has 2 aromatic rings. The lowest BCUT2D eigenvalue weighted by Crippen LogP contribution is -2.20. The van der Waals surface area contributed by atoms with E-state index in [4.69, 9.17) is 4.74 Å². The molecule has 3 rings (SSSR count). The minimum atomic E-state index is -0.312. The fourth-order valence-electron chi connectivity index (χ4n) is 2.42. The predicted octanol–water partition coefficient (Wildman–Crippen LogP) is 3.64. The average Bonchev–Trinajstić information content (AvgIpc) is 2.53. The Balaban J connectivity index is 2.02. The molecule has 3 nitrogen and oxygen atoms in total. The summed E-state index contributed by atoms with van der Waals surface area (Å²) in [6, 6.07) is 15.7. The number of anilines is 2. The molecule has 0 saturated heterocycles. The Morgan fingerprint density at radius 1 is 1.15 bits per heavy atom. The van der Waals surface area contributed by atoms with Gasteiger partial charge in [0.25, 0.3) is 0 Å². The van der Waals surface area contributed by atoms with E-state index >= 15 is 0 Å². The molecule has 3 heteroatoms. The highest BCUT2D eigenvalue weighted by Crippen LogP contribution is 2.32. The summed E-state index contributed by atoms with van der Waals surface area (Å²) in [5.74, 6) is -0.312. The standard InChI is InChI=1S/C17H15NO2/c1-20-17(19)14-7-4-9-15(12-14)18-11-5-8-13-6-2-3-10-16(13)18/h2-10,12H,11H2,1H3. The third kappa shape index (κ3) is 2.18. The number of rotatable bonds is 2. The van der Waals surface area contributed by atoms with Crippen LogP contribution in [0.25, 0.3) is 6.08 Å². The molecular formula is C17H15NO2. The second-order valence-electron chi connectivity index (χ2n) is 4.61. The third-order valence-electron chi connectivity index (χ3n) is 3.39. The molecule has 0 unspecified atom stereocenters. The number of fused-ring (bicyclic) bond motifs is 1. The van der Waals surface area contributed by atoms with Gasteiger partial charge in [0.2, 0.25) is 0 Å². The van der Waals surface area contributed by atoms with Crippen LogP contribution < -0.4 is 4.90 Å². The predicted molar refractivity (Wildman–Crippen MR) is 80.3 cm³/mol. The van der Waals surface area contributed by atoms with E-state index in [2.05, 4.69) is 29.2 Å². The van der Waals surface area contributed by atoms with E-state index in [9.17, 15) is 4.79 Å². The summed E-state index contributed by atoms with van der Waals surface area (Å²) in [5.41, 5.74) is 3.89. The Morgan fingerprint density at radius 3 is 2.85 bits per heavy atom. The maximum Gasteiger partial charge on any atom is 0.337 e. The van der Waals surface area contributed by atoms with Crippen LogP contribution in [0.5, 0.6) is 0 Å². The van der Waals surface area contributed by atoms with Gasteiger partial charge in [-0.25, -0.2) is 4.79 Å². The van der Waals surface area contributed by atoms with Gasteiger partial charge < -0.3 is 9.64 Å². The van der Waals surface area contributed by atoms with Gasteiger partial charge in [-0.3, -0.25) is 0 Å². The molecule has 1 aliphatic rings. The van der Waals surface area contributed by atoms with E-state index < -0.39 is 0 Å². The van der Waals surface area contributed by atoms with Crippen LogP contribution in [-0.2, 0) is 4.74 Å². The van der Waals surface area contributed by atoms with Gasteiger partial charge >= 0.3 is 5.97 Å². The number of hydrogen-bond acceptors (Lipinski definition) is 3. The van der Waals surface area contributed by atoms with Crippen molar-refractivity contribution in [2.75, 3.05) is 18.6 Å². The molecule has 0 atom stereocenters. The number of methoxy groups -OCH3 is 1. The maximum absolute atomic E-state index is 11.6. The Hall–Kier alpha value is -2.55. The first kappa shape index (κ1) is 12.5. The molecule has 0 N–H and O–H groups in total. The summed E-state index contributed by atoms with van der Waals surface area (Å²) in [4.78, 5) is 13.8. The molecule has 0 saturated carbocycles. The molecule has 0 aliphatic carbocycles. The van der Waals surface area contributed by atoms with Crippen LogP contribution in [0.2, 0.25) is 0 Å². The SMILES string of the molecule is COC(=O)c1cccc(N2CC=Cc3ccccc32)c1. The Bertz CT molecular complexity index is 676. The van der Waals surface area contributed by atoms with Crippen LogP contribution >= 0.6 is 0 Å². The minimum Gasteiger partial charge on any atom is -0.465 e. The summed E-state index contributed by atoms with van der Waals surface area (Å²) in [6.07, 6.45) is 4.24. The smallest absolute Gasteiger partial charge is 0.337 e. The van der Waals surface area contributed by atoms with Gasteiger partial charge in [0.1, 0.15) is 0 Å². The van der Waals surface area contributed by atoms with Crippen molar-refractivity contribution in [3.8, 4) is 0 Å². The summed E-state index contributed by atoms with van der Waals surface area (Å²) in [5, 5.41) is 0. The minimum absolute atomic E-state index is 0.312. The fourth-order valence-corrected chi connectivity index (χ4v) is 2.42. The molecule has 20 heavy (non-hydrogen) atoms. The monoisotopic (exact) mass is 265 g/mol. The molecular weight excluding hydrogens is 250 g/mol. The van der Waals surface area contributed by atoms with E-state index in [-0.39, 0.29) is 5.97 Å². The van der Waals surface area contributed by atoms with E-state index in [1.165, 1.54) is 12.7 Å². The molecule has 0 amide bonds. The average molecular weight is 265 g/mol. The molecule has 0 bridgehead atoms. The molecule has 0 fully saturated rings. The van der Waals surface area contributed by atoms with Crippen LogP contribution in [0.1, 0.15) is 15.9 Å². The lowest BCUT2D eigenvalue weighted by atomic mass is 10.1. The number of carbonyl (C=O) groups is 1. The van der Waals surface area contributed by atoms with Gasteiger partial charge in [-0.05, 0) is 29.8 Å². The summed E-state index contributed by atoms with van der Waals surface area (Å²) < 4.78 is 4.78. The van der Waals surface area contributed by atoms with E-state index in [0.29, 0.717) is 5.56 Å². The van der Waals surface area contributed by atoms with Gasteiger partial charge in [-0.15, -0.1) is 0 Å². The van der Waals surface area contributed by atoms with Crippen molar-refractivity contribution in [1.29, 1.82) is 0 Å². The zero-order chi connectivity index (χ0) is 13.9. The number of esters is 1. The maximum atomic E-state index is 11.6. The molecule has 0 radical (unpaired) electrons. The molecule has 1 heterocycles. The van der Waals surface area contributed by atoms with Gasteiger partial charge in [0.05, 0.1) is 12.7 Å². The van der Waals surface area contributed by atoms with Crippen LogP contribution in [0.15, 0.2) is 54.6 Å². The molecule has 100 valence electrons. The van der Waals surface area contributed by atoms with Crippen LogP contribution in [0.4, 0.5) is 11.4 Å². The third-order valence-corrected chi connectivity index (χ3v) is 3.39. The molecule has 0 spiro atoms. The van der Waals surface area contributed by atoms with Gasteiger partial charge in [-0.1, -0.05) is 36.4 Å². The second kappa shape index (κ2) is 5.21. The highest BCUT2D eigenvalue weighted by atomic mass is 16.5. The number of carbonyl (C=O) groups excluding carboxylic acids is 1. The zero-order valence-corrected chi connectivity index (χ0v) is 11.2. The van der Waals surface area contributed by atoms with Crippen LogP contribution in [0, 0.1) is 0 Å². The number of nitrogens with zero attached hydrogens (tertiary/aromatic N) is 1. The largest absolute Gasteiger partial charge is 0.465 e. The van der Waals surface area contributed by atoms with Crippen molar-refractivity contribution < 1.29 is 9.53 Å². The summed E-state index contributed by atoms with van der Waals surface area (Å²) >= 11 is 0. The van der Waals surface area contributed by atoms with Crippen molar-refractivity contribution in [2.24, 2.45) is 0 Å². The lowest BCUT2D eigenvalue weighted by Gasteiger charge is -2.28. The first-order valence-electron chi connectivity index (χ1n) is 6.51. The topological polar surface area (TPSA) is 29.5 Å². The van der Waals surface area contributed by atoms with Crippen molar-refractivity contribution in [1.82, 2.24) is 0 Å². The van der Waals surface area contributed by atoms with Crippen LogP contribution in [0.3, 0.4) is 0 Å². The van der Waals surface area contributed by atoms with E-state index in [0.717, 1.165) is 17.9 Å². The first-order chi connectivity index (χ1) is 9.79. The summed E-state index contributed by atoms with van der Waals surface area (Å²) in [6.45, 7) is 0.793. The van der Waals surface area contributed by atoms with E-state index in [1.54, 1.807) is 6.07 Å². The van der Waals surface area contributed by atoms with Gasteiger partial charge in [-0.2, -0.15) is 0 Å². The number of hydrogen-bond donors (Lipinski definition) is 0. The highest BCUT2D eigenvalue weighted by Gasteiger charge is 2.15. The first-order valence-corrected chi connectivity index (χ1v) is 6.51. The number of ether oxygens (including phenoxy) is 1. The van der Waals surface area contributed by atoms with E-state index in [1.807, 2.05) is 30.3 Å². The highest BCUT2D eigenvalue weighted by molar-refractivity contribution is 5.91. The Labute approximate surface area is 118 Å². The second-order valence-corrected chi connectivity index (χ2v) is 4.61. The molecule has 1 aliphatic heterocycles. The lowest BCUT2D eigenvalue weighted by molar-refractivity contribution is 0.0601. The quantitative estimate of drug-likeness (QED) is 0.776. The Kier molecular flexibility index (Phi) is 3.25. The molecule has 2 aromatic carbocycles. The summed E-state index contributed by atoms with van der Waals surface area (Å²) in [7, 11) is 1.40. The normalized spacial score (nSPS) is 12.9. The molecule has 0 aromatic heterocycles. The van der Waals surface area contributed by atoms with Crippen molar-refractivity contribution in [3.63, 3.8) is 0 Å². The number of benzene rings is 2. The van der Waals surface area contributed by atoms with Gasteiger partial charge in [0, 0.05) is 17.9 Å².